The lowest BCUT2D eigenvalue weighted by atomic mass is 10.1. The van der Waals surface area contributed by atoms with Crippen molar-refractivity contribution in [3.8, 4) is 48.4 Å². The van der Waals surface area contributed by atoms with Gasteiger partial charge in [0.05, 0.1) is 11.1 Å². The van der Waals surface area contributed by atoms with Gasteiger partial charge in [-0.25, -0.2) is 0 Å². The van der Waals surface area contributed by atoms with Crippen molar-refractivity contribution in [3.05, 3.63) is 70.8 Å². The van der Waals surface area contributed by atoms with Gasteiger partial charge in [0.1, 0.15) is 0 Å². The highest BCUT2D eigenvalue weighted by atomic mass is 15.2. The van der Waals surface area contributed by atoms with Crippen molar-refractivity contribution in [2.24, 2.45) is 0 Å². The Kier molecular flexibility index (Phi) is 10.4. The second-order valence-electron chi connectivity index (χ2n) is 9.82. The maximum Gasteiger partial charge on any atom is 0.0992 e. The minimum atomic E-state index is 0.361. The molecule has 0 N–H and O–H groups in total. The van der Waals surface area contributed by atoms with Gasteiger partial charge >= 0.3 is 0 Å². The molecule has 0 amide bonds. The van der Waals surface area contributed by atoms with E-state index < -0.39 is 0 Å². The Morgan fingerprint density at radius 3 is 1.08 bits per heavy atom. The summed E-state index contributed by atoms with van der Waals surface area (Å²) in [5.41, 5.74) is 4.94. The number of rotatable bonds is 6. The number of allylic oxidation sites excluding steroid dienone is 2. The molecule has 0 aromatic heterocycles. The molecule has 0 aliphatic heterocycles. The van der Waals surface area contributed by atoms with Gasteiger partial charge in [-0.1, -0.05) is 35.5 Å². The molecule has 0 aliphatic carbocycles. The minimum absolute atomic E-state index is 0.361. The molecule has 2 heteroatoms. The average Bonchev–Trinajstić information content (AvgIpc) is 2.82. The number of anilines is 2. The molecule has 0 aliphatic rings. The first-order chi connectivity index (χ1) is 17.1. The van der Waals surface area contributed by atoms with E-state index in [1.165, 1.54) is 11.4 Å². The Morgan fingerprint density at radius 1 is 0.528 bits per heavy atom. The fourth-order valence-corrected chi connectivity index (χ4v) is 4.43. The van der Waals surface area contributed by atoms with Crippen LogP contribution in [0.2, 0.25) is 0 Å². The molecule has 2 aromatic rings. The van der Waals surface area contributed by atoms with Gasteiger partial charge in [0.2, 0.25) is 0 Å². The molecule has 184 valence electrons. The van der Waals surface area contributed by atoms with Gasteiger partial charge in [-0.15, -0.1) is 12.8 Å². The van der Waals surface area contributed by atoms with Crippen molar-refractivity contribution < 1.29 is 0 Å². The van der Waals surface area contributed by atoms with Crippen molar-refractivity contribution in [3.63, 3.8) is 0 Å². The predicted octanol–water partition coefficient (Wildman–Crippen LogP) is 6.90. The lowest BCUT2D eigenvalue weighted by Crippen LogP contribution is -2.36. The lowest BCUT2D eigenvalue weighted by molar-refractivity contribution is 0.608. The van der Waals surface area contributed by atoms with Crippen molar-refractivity contribution >= 4 is 11.4 Å². The number of hydrogen-bond acceptors (Lipinski definition) is 2. The highest BCUT2D eigenvalue weighted by Crippen LogP contribution is 2.22. The van der Waals surface area contributed by atoms with Gasteiger partial charge in [0.25, 0.3) is 0 Å². The van der Waals surface area contributed by atoms with E-state index in [2.05, 4.69) is 125 Å². The number of benzene rings is 2. The Hall–Kier alpha value is -3.98. The smallest absolute Gasteiger partial charge is 0.0992 e. The molecule has 0 saturated carbocycles. The molecule has 0 fully saturated rings. The number of nitrogens with zero attached hydrogens (tertiary/aromatic N) is 2. The molecule has 0 heterocycles. The lowest BCUT2D eigenvalue weighted by Gasteiger charge is -2.33. The zero-order valence-electron chi connectivity index (χ0n) is 23.0. The first-order valence-corrected chi connectivity index (χ1v) is 12.6. The molecule has 0 saturated heterocycles. The first kappa shape index (κ1) is 28.3. The summed E-state index contributed by atoms with van der Waals surface area (Å²) in [5.74, 6) is 17.7. The average molecular weight is 475 g/mol. The van der Waals surface area contributed by atoms with Crippen molar-refractivity contribution in [2.45, 2.75) is 79.6 Å². The fourth-order valence-electron chi connectivity index (χ4n) is 4.43. The first-order valence-electron chi connectivity index (χ1n) is 12.6. The standard InChI is InChI=1S/C34H38N2/c1-11-31(12-2)32(19-13-29-15-21-33(22-16-29)35(25(3)4)26(5)6)20-14-30-17-23-34(24-18-30)36(27(7)8)28(9)10/h1-2,15-18,21-28H,3-10H3. The van der Waals surface area contributed by atoms with Gasteiger partial charge < -0.3 is 9.80 Å². The highest BCUT2D eigenvalue weighted by molar-refractivity contribution is 5.63. The Labute approximate surface area is 219 Å². The molecule has 0 atom stereocenters. The summed E-state index contributed by atoms with van der Waals surface area (Å²) in [6.07, 6.45) is 11.3. The largest absolute Gasteiger partial charge is 0.367 e. The second-order valence-corrected chi connectivity index (χ2v) is 9.82. The Balaban J connectivity index is 2.35. The topological polar surface area (TPSA) is 6.48 Å². The SMILES string of the molecule is C#CC(C#C)=C(C#Cc1ccc(N(C(C)C)C(C)C)cc1)C#Cc1ccc(N(C(C)C)C(C)C)cc1. The Morgan fingerprint density at radius 2 is 0.833 bits per heavy atom. The van der Waals surface area contributed by atoms with Crippen molar-refractivity contribution in [2.75, 3.05) is 9.80 Å². The van der Waals surface area contributed by atoms with Crippen LogP contribution in [0.3, 0.4) is 0 Å². The summed E-state index contributed by atoms with van der Waals surface area (Å²) in [7, 11) is 0. The van der Waals surface area contributed by atoms with E-state index in [4.69, 9.17) is 12.8 Å². The van der Waals surface area contributed by atoms with Crippen molar-refractivity contribution in [1.29, 1.82) is 0 Å². The molecular formula is C34H38N2. The van der Waals surface area contributed by atoms with Crippen LogP contribution in [-0.4, -0.2) is 24.2 Å². The maximum atomic E-state index is 5.64. The maximum absolute atomic E-state index is 5.64. The van der Waals surface area contributed by atoms with Crippen LogP contribution in [0, 0.1) is 48.4 Å². The summed E-state index contributed by atoms with van der Waals surface area (Å²) < 4.78 is 0. The van der Waals surface area contributed by atoms with E-state index in [0.717, 1.165) is 11.1 Å². The van der Waals surface area contributed by atoms with Gasteiger partial charge in [0, 0.05) is 46.7 Å². The molecule has 0 spiro atoms. The zero-order valence-corrected chi connectivity index (χ0v) is 23.0. The van der Waals surface area contributed by atoms with Crippen LogP contribution in [0.15, 0.2) is 59.7 Å². The number of hydrogen-bond donors (Lipinski definition) is 0. The molecular weight excluding hydrogens is 436 g/mol. The quantitative estimate of drug-likeness (QED) is 0.420. The highest BCUT2D eigenvalue weighted by Gasteiger charge is 2.14. The third kappa shape index (κ3) is 7.51. The van der Waals surface area contributed by atoms with Crippen LogP contribution in [0.5, 0.6) is 0 Å². The van der Waals surface area contributed by atoms with E-state index in [0.29, 0.717) is 35.3 Å². The van der Waals surface area contributed by atoms with Crippen LogP contribution in [0.25, 0.3) is 0 Å². The Bertz CT molecular complexity index is 1130. The van der Waals surface area contributed by atoms with E-state index in [-0.39, 0.29) is 0 Å². The van der Waals surface area contributed by atoms with Crippen LogP contribution in [0.4, 0.5) is 11.4 Å². The molecule has 2 rings (SSSR count). The van der Waals surface area contributed by atoms with Crippen LogP contribution in [-0.2, 0) is 0 Å². The fraction of sp³-hybridized carbons (Fsp3) is 0.353. The minimum Gasteiger partial charge on any atom is -0.367 e. The van der Waals surface area contributed by atoms with Crippen molar-refractivity contribution in [1.82, 2.24) is 0 Å². The molecule has 2 aromatic carbocycles. The summed E-state index contributed by atoms with van der Waals surface area (Å²) in [5, 5.41) is 0. The predicted molar refractivity (Wildman–Crippen MR) is 157 cm³/mol. The molecule has 0 unspecified atom stereocenters. The van der Waals surface area contributed by atoms with Crippen LogP contribution >= 0.6 is 0 Å². The third-order valence-electron chi connectivity index (χ3n) is 5.76. The summed E-state index contributed by atoms with van der Waals surface area (Å²) in [6, 6.07) is 18.1. The summed E-state index contributed by atoms with van der Waals surface area (Å²) in [4.78, 5) is 4.74. The monoisotopic (exact) mass is 474 g/mol. The number of terminal acetylenes is 2. The summed E-state index contributed by atoms with van der Waals surface area (Å²) in [6.45, 7) is 17.6. The van der Waals surface area contributed by atoms with Crippen LogP contribution in [0.1, 0.15) is 66.5 Å². The molecule has 0 radical (unpaired) electrons. The van der Waals surface area contributed by atoms with E-state index in [9.17, 15) is 0 Å². The van der Waals surface area contributed by atoms with Gasteiger partial charge in [-0.05, 0) is 104 Å². The van der Waals surface area contributed by atoms with E-state index in [1.54, 1.807) is 0 Å². The third-order valence-corrected chi connectivity index (χ3v) is 5.76. The molecule has 2 nitrogen and oxygen atoms in total. The van der Waals surface area contributed by atoms with E-state index in [1.807, 2.05) is 24.3 Å². The zero-order chi connectivity index (χ0) is 26.8. The molecule has 0 bridgehead atoms. The van der Waals surface area contributed by atoms with E-state index >= 15 is 0 Å². The van der Waals surface area contributed by atoms with Gasteiger partial charge in [-0.3, -0.25) is 0 Å². The van der Waals surface area contributed by atoms with Gasteiger partial charge in [0.15, 0.2) is 0 Å². The normalized spacial score (nSPS) is 10.2. The second kappa shape index (κ2) is 13.2. The molecule has 36 heavy (non-hydrogen) atoms. The summed E-state index contributed by atoms with van der Waals surface area (Å²) >= 11 is 0. The van der Waals surface area contributed by atoms with Gasteiger partial charge in [-0.2, -0.15) is 0 Å². The van der Waals surface area contributed by atoms with Crippen LogP contribution < -0.4 is 9.80 Å².